The summed E-state index contributed by atoms with van der Waals surface area (Å²) in [4.78, 5) is 33.2. The largest absolute Gasteiger partial charge is 0.380 e. The molecular formula is C22H20ClN3O3S. The summed E-state index contributed by atoms with van der Waals surface area (Å²) < 4.78 is 1.13. The topological polar surface area (TPSA) is 73.7 Å². The molecule has 0 radical (unpaired) electrons. The first-order chi connectivity index (χ1) is 14.4. The molecule has 0 unspecified atom stereocenters. The van der Waals surface area contributed by atoms with E-state index in [1.165, 1.54) is 0 Å². The van der Waals surface area contributed by atoms with Crippen LogP contribution < -0.4 is 0 Å². The zero-order valence-corrected chi connectivity index (χ0v) is 17.7. The molecule has 2 fully saturated rings. The van der Waals surface area contributed by atoms with E-state index in [1.807, 2.05) is 29.6 Å². The molecule has 5 rings (SSSR count). The van der Waals surface area contributed by atoms with Gasteiger partial charge < -0.3 is 14.9 Å². The highest BCUT2D eigenvalue weighted by Crippen LogP contribution is 2.37. The van der Waals surface area contributed by atoms with Gasteiger partial charge in [0.2, 0.25) is 0 Å². The monoisotopic (exact) mass is 441 g/mol. The Morgan fingerprint density at radius 1 is 1.03 bits per heavy atom. The third kappa shape index (κ3) is 3.47. The van der Waals surface area contributed by atoms with E-state index < -0.39 is 5.60 Å². The molecule has 1 aromatic carbocycles. The maximum Gasteiger partial charge on any atom is 0.255 e. The molecular weight excluding hydrogens is 422 g/mol. The fourth-order valence-corrected chi connectivity index (χ4v) is 4.76. The number of benzene rings is 1. The molecule has 1 N–H and O–H groups in total. The number of hydrogen-bond donors (Lipinski definition) is 1. The van der Waals surface area contributed by atoms with Crippen molar-refractivity contribution in [3.63, 3.8) is 0 Å². The second kappa shape index (κ2) is 7.34. The Kier molecular flexibility index (Phi) is 4.76. The van der Waals surface area contributed by atoms with Crippen LogP contribution in [0, 0.1) is 0 Å². The summed E-state index contributed by atoms with van der Waals surface area (Å²) in [6, 6.07) is 11.4. The molecule has 3 heterocycles. The zero-order chi connectivity index (χ0) is 20.9. The first-order valence-electron chi connectivity index (χ1n) is 9.90. The number of rotatable bonds is 3. The van der Waals surface area contributed by atoms with Gasteiger partial charge in [-0.25, -0.2) is 4.98 Å². The van der Waals surface area contributed by atoms with Crippen molar-refractivity contribution < 1.29 is 14.7 Å². The smallest absolute Gasteiger partial charge is 0.255 e. The molecule has 1 aliphatic carbocycles. The van der Waals surface area contributed by atoms with E-state index in [1.54, 1.807) is 33.3 Å². The maximum absolute atomic E-state index is 13.0. The van der Waals surface area contributed by atoms with Gasteiger partial charge >= 0.3 is 0 Å². The maximum atomic E-state index is 13.0. The minimum absolute atomic E-state index is 0.148. The van der Waals surface area contributed by atoms with Crippen LogP contribution in [0.4, 0.5) is 0 Å². The van der Waals surface area contributed by atoms with Gasteiger partial charge in [0.05, 0.1) is 26.5 Å². The van der Waals surface area contributed by atoms with E-state index in [4.69, 9.17) is 11.6 Å². The van der Waals surface area contributed by atoms with Crippen LogP contribution in [0.2, 0.25) is 5.02 Å². The van der Waals surface area contributed by atoms with Crippen LogP contribution in [-0.2, 0) is 4.79 Å². The summed E-state index contributed by atoms with van der Waals surface area (Å²) in [7, 11) is 0. The summed E-state index contributed by atoms with van der Waals surface area (Å²) in [5, 5.41) is 12.4. The number of carbonyl (C=O) groups is 2. The number of amides is 2. The number of pyridine rings is 1. The summed E-state index contributed by atoms with van der Waals surface area (Å²) in [6.45, 7) is 1.70. The van der Waals surface area contributed by atoms with E-state index in [-0.39, 0.29) is 11.8 Å². The molecule has 3 aromatic rings. The summed E-state index contributed by atoms with van der Waals surface area (Å²) in [6.07, 6.45) is 1.06. The summed E-state index contributed by atoms with van der Waals surface area (Å²) in [5.74, 6) is -0.364. The number of hydrogen-bond acceptors (Lipinski definition) is 5. The Balaban J connectivity index is 1.30. The molecule has 30 heavy (non-hydrogen) atoms. The molecule has 0 bridgehead atoms. The Morgan fingerprint density at radius 2 is 1.77 bits per heavy atom. The number of fused-ring (bicyclic) bond motifs is 1. The average molecular weight is 442 g/mol. The lowest BCUT2D eigenvalue weighted by Crippen LogP contribution is -2.53. The standard InChI is InChI=1S/C22H20ClN3O3S/c23-16-13-14(17-3-4-19-18(24-17)5-12-30-19)1-2-15(16)20(27)25-8-10-26(11-9-25)21(28)22(29)6-7-22/h1-5,12-13,29H,6-11H2. The van der Waals surface area contributed by atoms with Crippen LogP contribution in [0.3, 0.4) is 0 Å². The third-order valence-corrected chi connectivity index (χ3v) is 6.96. The van der Waals surface area contributed by atoms with Crippen molar-refractivity contribution in [1.29, 1.82) is 0 Å². The summed E-state index contributed by atoms with van der Waals surface area (Å²) in [5.41, 5.74) is 1.89. The highest BCUT2D eigenvalue weighted by Gasteiger charge is 2.50. The van der Waals surface area contributed by atoms with Crippen LogP contribution in [0.1, 0.15) is 23.2 Å². The van der Waals surface area contributed by atoms with Crippen molar-refractivity contribution in [2.45, 2.75) is 18.4 Å². The van der Waals surface area contributed by atoms with E-state index in [9.17, 15) is 14.7 Å². The molecule has 1 saturated carbocycles. The van der Waals surface area contributed by atoms with E-state index in [0.717, 1.165) is 21.5 Å². The van der Waals surface area contributed by atoms with Gasteiger partial charge in [0.1, 0.15) is 5.60 Å². The Hall–Kier alpha value is -2.48. The molecule has 6 nitrogen and oxygen atoms in total. The molecule has 8 heteroatoms. The number of nitrogens with zero attached hydrogens (tertiary/aromatic N) is 3. The molecule has 2 aliphatic rings. The Bertz CT molecular complexity index is 1150. The normalized spacial score (nSPS) is 17.9. The number of piperazine rings is 1. The van der Waals surface area contributed by atoms with Gasteiger partial charge in [-0.2, -0.15) is 0 Å². The van der Waals surface area contributed by atoms with Crippen molar-refractivity contribution in [3.8, 4) is 11.3 Å². The highest BCUT2D eigenvalue weighted by molar-refractivity contribution is 7.17. The van der Waals surface area contributed by atoms with Gasteiger partial charge in [-0.3, -0.25) is 9.59 Å². The molecule has 1 aliphatic heterocycles. The molecule has 2 amide bonds. The molecule has 0 atom stereocenters. The first-order valence-corrected chi connectivity index (χ1v) is 11.2. The van der Waals surface area contributed by atoms with E-state index >= 15 is 0 Å². The number of thiophene rings is 1. The zero-order valence-electron chi connectivity index (χ0n) is 16.2. The van der Waals surface area contributed by atoms with Gasteiger partial charge in [-0.05, 0) is 48.6 Å². The van der Waals surface area contributed by atoms with Crippen LogP contribution in [0.25, 0.3) is 21.5 Å². The fraction of sp³-hybridized carbons (Fsp3) is 0.318. The number of carbonyl (C=O) groups excluding carboxylic acids is 2. The molecule has 0 spiro atoms. The van der Waals surface area contributed by atoms with Crippen LogP contribution in [0.5, 0.6) is 0 Å². The Labute approximate surface area is 182 Å². The number of halogens is 1. The van der Waals surface area contributed by atoms with Crippen molar-refractivity contribution in [2.75, 3.05) is 26.2 Å². The van der Waals surface area contributed by atoms with Crippen LogP contribution in [0.15, 0.2) is 41.8 Å². The average Bonchev–Trinajstić information content (AvgIpc) is 3.34. The lowest BCUT2D eigenvalue weighted by molar-refractivity contribution is -0.143. The van der Waals surface area contributed by atoms with E-state index in [2.05, 4.69) is 4.98 Å². The van der Waals surface area contributed by atoms with Gasteiger partial charge in [-0.1, -0.05) is 17.7 Å². The lowest BCUT2D eigenvalue weighted by Gasteiger charge is -2.36. The second-order valence-electron chi connectivity index (χ2n) is 7.81. The second-order valence-corrected chi connectivity index (χ2v) is 9.17. The third-order valence-electron chi connectivity index (χ3n) is 5.78. The molecule has 2 aromatic heterocycles. The van der Waals surface area contributed by atoms with Crippen molar-refractivity contribution in [2.24, 2.45) is 0 Å². The predicted molar refractivity (Wildman–Crippen MR) is 117 cm³/mol. The lowest BCUT2D eigenvalue weighted by atomic mass is 10.1. The van der Waals surface area contributed by atoms with Crippen LogP contribution in [-0.4, -0.2) is 63.5 Å². The summed E-state index contributed by atoms with van der Waals surface area (Å²) >= 11 is 8.11. The SMILES string of the molecule is O=C(c1ccc(-c2ccc3sccc3n2)cc1Cl)N1CCN(C(=O)C2(O)CC2)CC1. The number of aromatic nitrogens is 1. The van der Waals surface area contributed by atoms with Crippen LogP contribution >= 0.6 is 22.9 Å². The minimum atomic E-state index is -1.16. The highest BCUT2D eigenvalue weighted by atomic mass is 35.5. The Morgan fingerprint density at radius 3 is 2.47 bits per heavy atom. The van der Waals surface area contributed by atoms with Gasteiger partial charge in [-0.15, -0.1) is 11.3 Å². The minimum Gasteiger partial charge on any atom is -0.380 e. The van der Waals surface area contributed by atoms with E-state index in [0.29, 0.717) is 49.6 Å². The molecule has 154 valence electrons. The first kappa shape index (κ1) is 19.5. The quantitative estimate of drug-likeness (QED) is 0.675. The van der Waals surface area contributed by atoms with Gasteiger partial charge in [0.25, 0.3) is 11.8 Å². The number of aliphatic hydroxyl groups is 1. The molecule has 1 saturated heterocycles. The van der Waals surface area contributed by atoms with Gasteiger partial charge in [0, 0.05) is 31.7 Å². The van der Waals surface area contributed by atoms with Gasteiger partial charge in [0.15, 0.2) is 0 Å². The van der Waals surface area contributed by atoms with Crippen molar-refractivity contribution >= 4 is 45.0 Å². The van der Waals surface area contributed by atoms with Crippen molar-refractivity contribution in [3.05, 3.63) is 52.4 Å². The van der Waals surface area contributed by atoms with Crippen molar-refractivity contribution in [1.82, 2.24) is 14.8 Å². The predicted octanol–water partition coefficient (Wildman–Crippen LogP) is 3.43. The fourth-order valence-electron chi connectivity index (χ4n) is 3.77.